The van der Waals surface area contributed by atoms with Gasteiger partial charge in [0.2, 0.25) is 0 Å². The number of aromatic nitrogens is 5. The second kappa shape index (κ2) is 7.57. The van der Waals surface area contributed by atoms with Gasteiger partial charge in [0.1, 0.15) is 29.6 Å². The minimum Gasteiger partial charge on any atom is -0.356 e. The van der Waals surface area contributed by atoms with Crippen LogP contribution in [0.5, 0.6) is 0 Å². The van der Waals surface area contributed by atoms with Crippen LogP contribution in [0, 0.1) is 6.92 Å². The Morgan fingerprint density at radius 2 is 1.54 bits per heavy atom. The molecular weight excluding hydrogens is 366 g/mol. The maximum atomic E-state index is 13.4. The molecule has 0 bridgehead atoms. The van der Waals surface area contributed by atoms with Crippen LogP contribution in [0.3, 0.4) is 0 Å². The summed E-state index contributed by atoms with van der Waals surface area (Å²) in [7, 11) is 1.99. The van der Waals surface area contributed by atoms with Crippen molar-refractivity contribution in [1.82, 2.24) is 29.6 Å². The number of aryl methyl sites for hydroxylation is 1. The van der Waals surface area contributed by atoms with E-state index in [9.17, 15) is 8.78 Å². The van der Waals surface area contributed by atoms with Crippen LogP contribution in [-0.2, 0) is 13.6 Å². The van der Waals surface area contributed by atoms with Crippen LogP contribution >= 0.6 is 0 Å². The number of anilines is 2. The lowest BCUT2D eigenvalue weighted by molar-refractivity contribution is -0.0221. The van der Waals surface area contributed by atoms with Crippen molar-refractivity contribution in [2.45, 2.75) is 32.2 Å². The number of nitrogens with zero attached hydrogens (tertiary/aromatic N) is 8. The first kappa shape index (κ1) is 19.0. The van der Waals surface area contributed by atoms with Gasteiger partial charge in [-0.2, -0.15) is 0 Å². The van der Waals surface area contributed by atoms with Gasteiger partial charge < -0.3 is 14.4 Å². The number of hydrogen-bond acceptors (Lipinski definition) is 7. The van der Waals surface area contributed by atoms with Gasteiger partial charge in [0, 0.05) is 65.2 Å². The van der Waals surface area contributed by atoms with Gasteiger partial charge >= 0.3 is 0 Å². The summed E-state index contributed by atoms with van der Waals surface area (Å²) in [5.41, 5.74) is 0. The average molecular weight is 392 g/mol. The van der Waals surface area contributed by atoms with Crippen molar-refractivity contribution in [3.8, 4) is 0 Å². The third kappa shape index (κ3) is 4.06. The topological polar surface area (TPSA) is 66.2 Å². The number of piperazine rings is 1. The first-order valence-electron chi connectivity index (χ1n) is 9.68. The molecule has 0 amide bonds. The number of rotatable bonds is 4. The maximum Gasteiger partial charge on any atom is 0.251 e. The Balaban J connectivity index is 1.35. The molecule has 2 aromatic rings. The van der Waals surface area contributed by atoms with Crippen LogP contribution in [-0.4, -0.2) is 74.8 Å². The molecule has 0 saturated carbocycles. The summed E-state index contributed by atoms with van der Waals surface area (Å²) in [6.07, 6.45) is 1.30. The van der Waals surface area contributed by atoms with Crippen molar-refractivity contribution in [1.29, 1.82) is 0 Å². The lowest BCUT2D eigenvalue weighted by Gasteiger charge is -2.36. The zero-order chi connectivity index (χ0) is 19.7. The average Bonchev–Trinajstić information content (AvgIpc) is 3.01. The molecule has 0 aliphatic carbocycles. The van der Waals surface area contributed by atoms with E-state index in [2.05, 4.69) is 30.0 Å². The monoisotopic (exact) mass is 392 g/mol. The highest BCUT2D eigenvalue weighted by Crippen LogP contribution is 2.30. The quantitative estimate of drug-likeness (QED) is 0.781. The normalized spacial score (nSPS) is 20.6. The van der Waals surface area contributed by atoms with Crippen molar-refractivity contribution in [2.75, 3.05) is 49.1 Å². The lowest BCUT2D eigenvalue weighted by atomic mass is 10.1. The van der Waals surface area contributed by atoms with Crippen molar-refractivity contribution < 1.29 is 8.78 Å². The van der Waals surface area contributed by atoms with Gasteiger partial charge in [-0.15, -0.1) is 10.2 Å². The first-order chi connectivity index (χ1) is 13.4. The maximum absolute atomic E-state index is 13.4. The summed E-state index contributed by atoms with van der Waals surface area (Å²) in [5, 5.41) is 8.35. The van der Waals surface area contributed by atoms with E-state index in [-0.39, 0.29) is 12.8 Å². The predicted molar refractivity (Wildman–Crippen MR) is 102 cm³/mol. The summed E-state index contributed by atoms with van der Waals surface area (Å²) >= 11 is 0. The SMILES string of the molecule is Cc1nnc(CN2CCN(c3cc(N4CCC(F)(F)CC4)ncn3)CC2)n1C. The summed E-state index contributed by atoms with van der Waals surface area (Å²) in [6.45, 7) is 6.90. The van der Waals surface area contributed by atoms with Gasteiger partial charge in [0.15, 0.2) is 0 Å². The molecule has 4 rings (SSSR count). The molecule has 4 heterocycles. The van der Waals surface area contributed by atoms with E-state index in [0.717, 1.165) is 56.0 Å². The molecule has 28 heavy (non-hydrogen) atoms. The Kier molecular flexibility index (Phi) is 5.13. The van der Waals surface area contributed by atoms with E-state index in [1.54, 1.807) is 0 Å². The van der Waals surface area contributed by atoms with E-state index in [1.165, 1.54) is 6.33 Å². The summed E-state index contributed by atoms with van der Waals surface area (Å²) < 4.78 is 28.8. The summed E-state index contributed by atoms with van der Waals surface area (Å²) in [5.74, 6) is 0.924. The second-order valence-corrected chi connectivity index (χ2v) is 7.56. The fourth-order valence-corrected chi connectivity index (χ4v) is 3.67. The lowest BCUT2D eigenvalue weighted by Crippen LogP contribution is -2.46. The van der Waals surface area contributed by atoms with Crippen molar-refractivity contribution >= 4 is 11.6 Å². The molecule has 2 saturated heterocycles. The smallest absolute Gasteiger partial charge is 0.251 e. The zero-order valence-electron chi connectivity index (χ0n) is 16.4. The van der Waals surface area contributed by atoms with Crippen molar-refractivity contribution in [3.63, 3.8) is 0 Å². The van der Waals surface area contributed by atoms with Crippen LogP contribution in [0.4, 0.5) is 20.4 Å². The number of alkyl halides is 2. The van der Waals surface area contributed by atoms with E-state index in [4.69, 9.17) is 0 Å². The molecule has 10 heteroatoms. The Labute approximate surface area is 163 Å². The van der Waals surface area contributed by atoms with Crippen LogP contribution in [0.2, 0.25) is 0 Å². The third-order valence-electron chi connectivity index (χ3n) is 5.70. The van der Waals surface area contributed by atoms with Crippen molar-refractivity contribution in [2.24, 2.45) is 7.05 Å². The second-order valence-electron chi connectivity index (χ2n) is 7.56. The van der Waals surface area contributed by atoms with Crippen LogP contribution in [0.15, 0.2) is 12.4 Å². The third-order valence-corrected chi connectivity index (χ3v) is 5.70. The molecule has 2 fully saturated rings. The zero-order valence-corrected chi connectivity index (χ0v) is 16.4. The van der Waals surface area contributed by atoms with Gasteiger partial charge in [-0.3, -0.25) is 4.90 Å². The van der Waals surface area contributed by atoms with E-state index < -0.39 is 5.92 Å². The molecule has 2 aliphatic heterocycles. The minimum atomic E-state index is -2.55. The predicted octanol–water partition coefficient (Wildman–Crippen LogP) is 1.47. The molecule has 0 aromatic carbocycles. The molecular formula is C18H26F2N8. The van der Waals surface area contributed by atoms with Gasteiger partial charge in [-0.05, 0) is 6.92 Å². The molecule has 8 nitrogen and oxygen atoms in total. The van der Waals surface area contributed by atoms with E-state index in [0.29, 0.717) is 13.1 Å². The highest BCUT2D eigenvalue weighted by molar-refractivity contribution is 5.50. The number of halogens is 2. The molecule has 0 atom stereocenters. The Morgan fingerprint density at radius 3 is 2.11 bits per heavy atom. The molecule has 2 aliphatic rings. The van der Waals surface area contributed by atoms with Gasteiger partial charge in [-0.1, -0.05) is 0 Å². The van der Waals surface area contributed by atoms with Crippen molar-refractivity contribution in [3.05, 3.63) is 24.0 Å². The standard InChI is InChI=1S/C18H26F2N8/c1-14-23-24-17(25(14)2)12-26-7-9-28(10-8-26)16-11-15(21-13-22-16)27-5-3-18(19,20)4-6-27/h11,13H,3-10,12H2,1-2H3. The van der Waals surface area contributed by atoms with Crippen LogP contribution < -0.4 is 9.80 Å². The highest BCUT2D eigenvalue weighted by Gasteiger charge is 2.34. The fraction of sp³-hybridized carbons (Fsp3) is 0.667. The summed E-state index contributed by atoms with van der Waals surface area (Å²) in [4.78, 5) is 15.2. The van der Waals surface area contributed by atoms with E-state index in [1.807, 2.05) is 29.5 Å². The largest absolute Gasteiger partial charge is 0.356 e. The number of piperidine rings is 1. The minimum absolute atomic E-state index is 0.119. The summed E-state index contributed by atoms with van der Waals surface area (Å²) in [6, 6.07) is 1.92. The molecule has 0 radical (unpaired) electrons. The molecule has 152 valence electrons. The molecule has 2 aromatic heterocycles. The van der Waals surface area contributed by atoms with Gasteiger partial charge in [0.05, 0.1) is 6.54 Å². The molecule has 0 spiro atoms. The first-order valence-corrected chi connectivity index (χ1v) is 9.68. The van der Waals surface area contributed by atoms with Crippen LogP contribution in [0.25, 0.3) is 0 Å². The Morgan fingerprint density at radius 1 is 0.929 bits per heavy atom. The highest BCUT2D eigenvalue weighted by atomic mass is 19.3. The van der Waals surface area contributed by atoms with E-state index >= 15 is 0 Å². The van der Waals surface area contributed by atoms with Crippen LogP contribution in [0.1, 0.15) is 24.5 Å². The molecule has 0 unspecified atom stereocenters. The molecule has 0 N–H and O–H groups in total. The van der Waals surface area contributed by atoms with Gasteiger partial charge in [-0.25, -0.2) is 18.7 Å². The fourth-order valence-electron chi connectivity index (χ4n) is 3.67. The number of hydrogen-bond donors (Lipinski definition) is 0. The van der Waals surface area contributed by atoms with Gasteiger partial charge in [0.25, 0.3) is 5.92 Å². The Hall–Kier alpha value is -2.36. The Bertz CT molecular complexity index is 806.